The van der Waals surface area contributed by atoms with E-state index in [9.17, 15) is 9.90 Å². The van der Waals surface area contributed by atoms with Crippen LogP contribution in [0.15, 0.2) is 11.1 Å². The molecule has 4 aliphatic heterocycles. The third kappa shape index (κ3) is 1.21. The Bertz CT molecular complexity index is 865. The van der Waals surface area contributed by atoms with Gasteiger partial charge in [0, 0.05) is 16.4 Å². The molecule has 1 N–H and O–H groups in total. The molecule has 6 unspecified atom stereocenters. The van der Waals surface area contributed by atoms with Crippen molar-refractivity contribution in [3.8, 4) is 0 Å². The highest BCUT2D eigenvalue weighted by atomic mass is 16.7. The molecular formula is C21H26O6. The summed E-state index contributed by atoms with van der Waals surface area (Å²) in [6.07, 6.45) is 1.55. The molecule has 3 aliphatic carbocycles. The number of aliphatic hydroxyl groups excluding tert-OH is 1. The molecule has 0 bridgehead atoms. The van der Waals surface area contributed by atoms with Gasteiger partial charge >= 0.3 is 5.97 Å². The van der Waals surface area contributed by atoms with Crippen LogP contribution < -0.4 is 0 Å². The van der Waals surface area contributed by atoms with Crippen LogP contribution in [0.2, 0.25) is 0 Å². The van der Waals surface area contributed by atoms with Crippen LogP contribution in [0.1, 0.15) is 47.0 Å². The molecule has 9 atom stereocenters. The minimum Gasteiger partial charge on any atom is -0.458 e. The molecule has 4 heterocycles. The fourth-order valence-electron chi connectivity index (χ4n) is 8.09. The molecule has 6 nitrogen and oxygen atoms in total. The van der Waals surface area contributed by atoms with E-state index in [2.05, 4.69) is 27.7 Å². The number of hydrogen-bond acceptors (Lipinski definition) is 6. The zero-order valence-corrected chi connectivity index (χ0v) is 16.2. The van der Waals surface area contributed by atoms with Crippen LogP contribution in [0, 0.1) is 16.7 Å². The van der Waals surface area contributed by atoms with E-state index >= 15 is 0 Å². The molecule has 5 fully saturated rings. The second-order valence-electron chi connectivity index (χ2n) is 10.5. The molecule has 2 spiro atoms. The molecule has 0 radical (unpaired) electrons. The molecule has 0 aromatic heterocycles. The van der Waals surface area contributed by atoms with Crippen molar-refractivity contribution in [2.24, 2.45) is 16.7 Å². The number of hydrogen-bond donors (Lipinski definition) is 1. The molecule has 0 amide bonds. The fourth-order valence-corrected chi connectivity index (χ4v) is 8.09. The number of esters is 1. The predicted molar refractivity (Wildman–Crippen MR) is 91.7 cm³/mol. The molecule has 3 saturated heterocycles. The van der Waals surface area contributed by atoms with Crippen molar-refractivity contribution in [2.45, 2.75) is 88.2 Å². The van der Waals surface area contributed by atoms with Crippen molar-refractivity contribution >= 4 is 5.97 Å². The normalized spacial score (nSPS) is 64.0. The van der Waals surface area contributed by atoms with Crippen LogP contribution >= 0.6 is 0 Å². The zero-order valence-electron chi connectivity index (χ0n) is 16.2. The third-order valence-corrected chi connectivity index (χ3v) is 9.86. The summed E-state index contributed by atoms with van der Waals surface area (Å²) in [6, 6.07) is 0. The lowest BCUT2D eigenvalue weighted by molar-refractivity contribution is -0.136. The van der Waals surface area contributed by atoms with E-state index in [1.807, 2.05) is 0 Å². The lowest BCUT2D eigenvalue weighted by Crippen LogP contribution is -2.71. The Morgan fingerprint density at radius 1 is 1.15 bits per heavy atom. The van der Waals surface area contributed by atoms with Crippen LogP contribution in [0.3, 0.4) is 0 Å². The van der Waals surface area contributed by atoms with E-state index in [0.717, 1.165) is 30.4 Å². The number of cyclic esters (lactones) is 1. The Hall–Kier alpha value is -0.950. The van der Waals surface area contributed by atoms with E-state index in [0.29, 0.717) is 6.61 Å². The first kappa shape index (κ1) is 15.9. The van der Waals surface area contributed by atoms with Crippen LogP contribution in [0.4, 0.5) is 0 Å². The van der Waals surface area contributed by atoms with Gasteiger partial charge in [-0.05, 0) is 30.8 Å². The smallest absolute Gasteiger partial charge is 0.334 e. The Morgan fingerprint density at radius 2 is 1.93 bits per heavy atom. The van der Waals surface area contributed by atoms with Gasteiger partial charge in [0.15, 0.2) is 5.60 Å². The van der Waals surface area contributed by atoms with Crippen molar-refractivity contribution in [3.63, 3.8) is 0 Å². The summed E-state index contributed by atoms with van der Waals surface area (Å²) in [6.45, 7) is 9.16. The van der Waals surface area contributed by atoms with Crippen molar-refractivity contribution in [1.29, 1.82) is 0 Å². The highest BCUT2D eigenvalue weighted by Gasteiger charge is 3.01. The SMILES string of the molecule is CC(C)[C@]12O[C@H]1C1OC13C1(OC1C[C@@]1(C)C4=C(CCC31C)C(=O)OC4)C2O. The summed E-state index contributed by atoms with van der Waals surface area (Å²) in [5, 5.41) is 11.5. The monoisotopic (exact) mass is 374 g/mol. The summed E-state index contributed by atoms with van der Waals surface area (Å²) in [4.78, 5) is 12.2. The van der Waals surface area contributed by atoms with E-state index in [1.165, 1.54) is 0 Å². The van der Waals surface area contributed by atoms with Gasteiger partial charge in [-0.3, -0.25) is 0 Å². The summed E-state index contributed by atoms with van der Waals surface area (Å²) in [7, 11) is 0. The Kier molecular flexibility index (Phi) is 2.29. The van der Waals surface area contributed by atoms with Gasteiger partial charge in [0.1, 0.15) is 36.1 Å². The van der Waals surface area contributed by atoms with Gasteiger partial charge in [-0.1, -0.05) is 27.7 Å². The van der Waals surface area contributed by atoms with Gasteiger partial charge < -0.3 is 24.1 Å². The second-order valence-corrected chi connectivity index (χ2v) is 10.5. The molecule has 6 heteroatoms. The molecule has 7 aliphatic rings. The fraction of sp³-hybridized carbons (Fsp3) is 0.857. The average Bonchev–Trinajstić information content (AvgIpc) is 3.49. The lowest BCUT2D eigenvalue weighted by atomic mass is 9.41. The predicted octanol–water partition coefficient (Wildman–Crippen LogP) is 1.49. The number of carbonyl (C=O) groups is 1. The van der Waals surface area contributed by atoms with Gasteiger partial charge in [0.05, 0.1) is 6.10 Å². The van der Waals surface area contributed by atoms with Crippen molar-refractivity contribution in [2.75, 3.05) is 6.61 Å². The summed E-state index contributed by atoms with van der Waals surface area (Å²) in [5.41, 5.74) is -0.159. The van der Waals surface area contributed by atoms with Crippen molar-refractivity contribution in [1.82, 2.24) is 0 Å². The molecule has 0 aromatic carbocycles. The maximum atomic E-state index is 12.2. The number of rotatable bonds is 1. The summed E-state index contributed by atoms with van der Waals surface area (Å²) < 4.78 is 24.6. The number of aliphatic hydroxyl groups is 1. The lowest BCUT2D eigenvalue weighted by Gasteiger charge is -2.59. The number of fused-ring (bicyclic) bond motifs is 4. The first-order valence-corrected chi connectivity index (χ1v) is 10.3. The third-order valence-electron chi connectivity index (χ3n) is 9.86. The minimum atomic E-state index is -0.669. The standard InChI is InChI=1S/C21H26O6/c1-9(2)19-13(26-19)14-21(27-14)18(4)6-5-10-11(8-24-15(10)22)17(18,3)7-12-20(21,25-12)16(19)23/h9,12-14,16,23H,5-8H2,1-4H3/t12?,13-,14?,16?,17-,18?,19-,20?,21?/m0/s1. The Balaban J connectivity index is 1.42. The van der Waals surface area contributed by atoms with E-state index < -0.39 is 22.9 Å². The van der Waals surface area contributed by atoms with Crippen LogP contribution in [0.25, 0.3) is 0 Å². The Morgan fingerprint density at radius 3 is 2.67 bits per heavy atom. The number of carbonyl (C=O) groups excluding carboxylic acids is 1. The second kappa shape index (κ2) is 3.89. The van der Waals surface area contributed by atoms with Gasteiger partial charge in [-0.25, -0.2) is 4.79 Å². The average molecular weight is 374 g/mol. The van der Waals surface area contributed by atoms with Crippen LogP contribution in [-0.2, 0) is 23.7 Å². The summed E-state index contributed by atoms with van der Waals surface area (Å²) in [5.74, 6) is 0.0576. The topological polar surface area (TPSA) is 84.1 Å². The minimum absolute atomic E-state index is 0.0295. The van der Waals surface area contributed by atoms with Crippen LogP contribution in [-0.4, -0.2) is 58.9 Å². The van der Waals surface area contributed by atoms with E-state index in [4.69, 9.17) is 18.9 Å². The van der Waals surface area contributed by atoms with Gasteiger partial charge in [0.25, 0.3) is 0 Å². The van der Waals surface area contributed by atoms with Gasteiger partial charge in [-0.2, -0.15) is 0 Å². The van der Waals surface area contributed by atoms with Gasteiger partial charge in [0.2, 0.25) is 0 Å². The van der Waals surface area contributed by atoms with Crippen molar-refractivity contribution < 1.29 is 28.8 Å². The van der Waals surface area contributed by atoms with Crippen LogP contribution in [0.5, 0.6) is 0 Å². The largest absolute Gasteiger partial charge is 0.458 e. The molecule has 7 rings (SSSR count). The quantitative estimate of drug-likeness (QED) is 0.553. The van der Waals surface area contributed by atoms with E-state index in [1.54, 1.807) is 0 Å². The maximum absolute atomic E-state index is 12.2. The Labute approximate surface area is 158 Å². The highest BCUT2D eigenvalue weighted by Crippen LogP contribution is 2.85. The van der Waals surface area contributed by atoms with Crippen molar-refractivity contribution in [3.05, 3.63) is 11.1 Å². The maximum Gasteiger partial charge on any atom is 0.334 e. The zero-order chi connectivity index (χ0) is 18.8. The molecular weight excluding hydrogens is 348 g/mol. The molecule has 27 heavy (non-hydrogen) atoms. The number of epoxide rings is 3. The summed E-state index contributed by atoms with van der Waals surface area (Å²) >= 11 is 0. The van der Waals surface area contributed by atoms with E-state index in [-0.39, 0.29) is 41.0 Å². The highest BCUT2D eigenvalue weighted by molar-refractivity contribution is 5.92. The van der Waals surface area contributed by atoms with Gasteiger partial charge in [-0.15, -0.1) is 0 Å². The first-order valence-electron chi connectivity index (χ1n) is 10.3. The molecule has 2 saturated carbocycles. The number of ether oxygens (including phenoxy) is 4. The molecule has 0 aromatic rings. The first-order chi connectivity index (χ1) is 12.7. The molecule has 146 valence electrons.